The van der Waals surface area contributed by atoms with Crippen molar-refractivity contribution in [3.8, 4) is 0 Å². The molecule has 0 spiro atoms. The van der Waals surface area contributed by atoms with Crippen molar-refractivity contribution in [1.29, 1.82) is 0 Å². The van der Waals surface area contributed by atoms with E-state index in [-0.39, 0.29) is 5.41 Å². The molecule has 19 heavy (non-hydrogen) atoms. The van der Waals surface area contributed by atoms with E-state index in [9.17, 15) is 0 Å². The van der Waals surface area contributed by atoms with Crippen LogP contribution in [0.2, 0.25) is 0 Å². The van der Waals surface area contributed by atoms with E-state index in [4.69, 9.17) is 0 Å². The SMILES string of the molecule is Cc1ccc(C(C)(C)C)cc1NCN1CCNCC1. The van der Waals surface area contributed by atoms with Crippen LogP contribution >= 0.6 is 0 Å². The molecule has 1 heterocycles. The van der Waals surface area contributed by atoms with Gasteiger partial charge in [0.05, 0.1) is 6.67 Å². The smallest absolute Gasteiger partial charge is 0.0679 e. The Kier molecular flexibility index (Phi) is 4.48. The fourth-order valence-electron chi connectivity index (χ4n) is 2.35. The van der Waals surface area contributed by atoms with E-state index < -0.39 is 0 Å². The molecular weight excluding hydrogens is 234 g/mol. The quantitative estimate of drug-likeness (QED) is 0.875. The lowest BCUT2D eigenvalue weighted by molar-refractivity contribution is 0.256. The summed E-state index contributed by atoms with van der Waals surface area (Å²) in [5.74, 6) is 0. The maximum absolute atomic E-state index is 3.59. The lowest BCUT2D eigenvalue weighted by atomic mass is 9.86. The molecule has 106 valence electrons. The average Bonchev–Trinajstić information content (AvgIpc) is 2.37. The highest BCUT2D eigenvalue weighted by atomic mass is 15.3. The van der Waals surface area contributed by atoms with Gasteiger partial charge in [-0.25, -0.2) is 0 Å². The van der Waals surface area contributed by atoms with Crippen molar-refractivity contribution >= 4 is 5.69 Å². The van der Waals surface area contributed by atoms with Crippen LogP contribution < -0.4 is 10.6 Å². The second-order valence-electron chi connectivity index (χ2n) is 6.48. The maximum atomic E-state index is 3.59. The summed E-state index contributed by atoms with van der Waals surface area (Å²) in [6.07, 6.45) is 0. The molecule has 0 aromatic heterocycles. The third-order valence-corrected chi connectivity index (χ3v) is 3.81. The predicted molar refractivity (Wildman–Crippen MR) is 82.8 cm³/mol. The monoisotopic (exact) mass is 261 g/mol. The van der Waals surface area contributed by atoms with E-state index >= 15 is 0 Å². The van der Waals surface area contributed by atoms with Crippen LogP contribution in [0.4, 0.5) is 5.69 Å². The zero-order valence-electron chi connectivity index (χ0n) is 12.7. The number of aryl methyl sites for hydroxylation is 1. The first-order chi connectivity index (χ1) is 8.97. The van der Waals surface area contributed by atoms with Gasteiger partial charge < -0.3 is 10.6 Å². The van der Waals surface area contributed by atoms with Crippen molar-refractivity contribution in [2.75, 3.05) is 38.2 Å². The number of benzene rings is 1. The van der Waals surface area contributed by atoms with E-state index in [1.54, 1.807) is 0 Å². The topological polar surface area (TPSA) is 27.3 Å². The van der Waals surface area contributed by atoms with Crippen molar-refractivity contribution < 1.29 is 0 Å². The molecule has 1 aromatic rings. The van der Waals surface area contributed by atoms with Crippen LogP contribution in [0.3, 0.4) is 0 Å². The summed E-state index contributed by atoms with van der Waals surface area (Å²) in [5, 5.41) is 6.98. The second kappa shape index (κ2) is 5.93. The first-order valence-corrected chi connectivity index (χ1v) is 7.25. The van der Waals surface area contributed by atoms with Crippen LogP contribution in [-0.4, -0.2) is 37.7 Å². The van der Waals surface area contributed by atoms with Gasteiger partial charge in [0.15, 0.2) is 0 Å². The molecule has 3 nitrogen and oxygen atoms in total. The Labute approximate surface area is 117 Å². The zero-order chi connectivity index (χ0) is 13.9. The first kappa shape index (κ1) is 14.4. The average molecular weight is 261 g/mol. The van der Waals surface area contributed by atoms with Crippen LogP contribution in [0.5, 0.6) is 0 Å². The molecule has 0 unspecified atom stereocenters. The molecule has 1 aliphatic rings. The van der Waals surface area contributed by atoms with Gasteiger partial charge in [0.25, 0.3) is 0 Å². The minimum Gasteiger partial charge on any atom is -0.372 e. The molecule has 1 saturated heterocycles. The second-order valence-corrected chi connectivity index (χ2v) is 6.48. The Bertz CT molecular complexity index is 414. The highest BCUT2D eigenvalue weighted by Crippen LogP contribution is 2.26. The van der Waals surface area contributed by atoms with Gasteiger partial charge in [0.1, 0.15) is 0 Å². The summed E-state index contributed by atoms with van der Waals surface area (Å²) in [4.78, 5) is 2.46. The van der Waals surface area contributed by atoms with Crippen LogP contribution in [0.25, 0.3) is 0 Å². The summed E-state index contributed by atoms with van der Waals surface area (Å²) in [7, 11) is 0. The molecule has 1 aromatic carbocycles. The van der Waals surface area contributed by atoms with Gasteiger partial charge in [-0.1, -0.05) is 32.9 Å². The highest BCUT2D eigenvalue weighted by Gasteiger charge is 2.15. The third kappa shape index (κ3) is 3.95. The Morgan fingerprint density at radius 3 is 2.53 bits per heavy atom. The number of nitrogens with zero attached hydrogens (tertiary/aromatic N) is 1. The molecular formula is C16H27N3. The first-order valence-electron chi connectivity index (χ1n) is 7.25. The molecule has 2 rings (SSSR count). The molecule has 0 radical (unpaired) electrons. The molecule has 3 heteroatoms. The molecule has 0 bridgehead atoms. The van der Waals surface area contributed by atoms with Crippen molar-refractivity contribution in [2.24, 2.45) is 0 Å². The molecule has 1 aliphatic heterocycles. The zero-order valence-corrected chi connectivity index (χ0v) is 12.7. The number of hydrogen-bond donors (Lipinski definition) is 2. The van der Waals surface area contributed by atoms with E-state index in [0.717, 1.165) is 32.8 Å². The maximum Gasteiger partial charge on any atom is 0.0679 e. The molecule has 1 fully saturated rings. The standard InChI is InChI=1S/C16H27N3/c1-13-5-6-14(16(2,3)4)11-15(13)18-12-19-9-7-17-8-10-19/h5-6,11,17-18H,7-10,12H2,1-4H3. The summed E-state index contributed by atoms with van der Waals surface area (Å²) >= 11 is 0. The fraction of sp³-hybridized carbons (Fsp3) is 0.625. The largest absolute Gasteiger partial charge is 0.372 e. The molecule has 2 N–H and O–H groups in total. The fourth-order valence-corrected chi connectivity index (χ4v) is 2.35. The van der Waals surface area contributed by atoms with Crippen molar-refractivity contribution in [3.63, 3.8) is 0 Å². The summed E-state index contributed by atoms with van der Waals surface area (Å²) in [6.45, 7) is 14.4. The third-order valence-electron chi connectivity index (χ3n) is 3.81. The predicted octanol–water partition coefficient (Wildman–Crippen LogP) is 2.57. The molecule has 0 amide bonds. The lowest BCUT2D eigenvalue weighted by Gasteiger charge is -2.28. The summed E-state index contributed by atoms with van der Waals surface area (Å²) in [5.41, 5.74) is 4.19. The van der Waals surface area contributed by atoms with Crippen LogP contribution in [0.1, 0.15) is 31.9 Å². The van der Waals surface area contributed by atoms with Gasteiger partial charge in [-0.05, 0) is 29.5 Å². The summed E-state index contributed by atoms with van der Waals surface area (Å²) in [6, 6.07) is 6.77. The minimum absolute atomic E-state index is 0.208. The number of piperazine rings is 1. The number of anilines is 1. The molecule has 0 aliphatic carbocycles. The summed E-state index contributed by atoms with van der Waals surface area (Å²) < 4.78 is 0. The van der Waals surface area contributed by atoms with E-state index in [1.807, 2.05) is 0 Å². The number of hydrogen-bond acceptors (Lipinski definition) is 3. The Balaban J connectivity index is 2.02. The Hall–Kier alpha value is -1.06. The van der Waals surface area contributed by atoms with Gasteiger partial charge in [-0.15, -0.1) is 0 Å². The number of nitrogens with one attached hydrogen (secondary N) is 2. The van der Waals surface area contributed by atoms with Crippen LogP contribution in [0, 0.1) is 6.92 Å². The van der Waals surface area contributed by atoms with Gasteiger partial charge >= 0.3 is 0 Å². The molecule has 0 saturated carbocycles. The van der Waals surface area contributed by atoms with E-state index in [0.29, 0.717) is 0 Å². The Morgan fingerprint density at radius 2 is 1.89 bits per heavy atom. The molecule has 0 atom stereocenters. The number of rotatable bonds is 3. The highest BCUT2D eigenvalue weighted by molar-refractivity contribution is 5.53. The van der Waals surface area contributed by atoms with Gasteiger partial charge in [-0.3, -0.25) is 4.90 Å². The Morgan fingerprint density at radius 1 is 1.21 bits per heavy atom. The van der Waals surface area contributed by atoms with E-state index in [2.05, 4.69) is 61.4 Å². The van der Waals surface area contributed by atoms with E-state index in [1.165, 1.54) is 16.8 Å². The van der Waals surface area contributed by atoms with Crippen molar-refractivity contribution in [1.82, 2.24) is 10.2 Å². The van der Waals surface area contributed by atoms with Crippen molar-refractivity contribution in [2.45, 2.75) is 33.1 Å². The van der Waals surface area contributed by atoms with Crippen molar-refractivity contribution in [3.05, 3.63) is 29.3 Å². The lowest BCUT2D eigenvalue weighted by Crippen LogP contribution is -2.45. The minimum atomic E-state index is 0.208. The van der Waals surface area contributed by atoms with Crippen LogP contribution in [-0.2, 0) is 5.41 Å². The van der Waals surface area contributed by atoms with Crippen LogP contribution in [0.15, 0.2) is 18.2 Å². The normalized spacial score (nSPS) is 17.5. The van der Waals surface area contributed by atoms with Gasteiger partial charge in [0.2, 0.25) is 0 Å². The van der Waals surface area contributed by atoms with Gasteiger partial charge in [0, 0.05) is 31.9 Å². The van der Waals surface area contributed by atoms with Gasteiger partial charge in [-0.2, -0.15) is 0 Å².